The maximum Gasteiger partial charge on any atom is 0.0517 e. The van der Waals surface area contributed by atoms with Gasteiger partial charge < -0.3 is 4.90 Å². The van der Waals surface area contributed by atoms with Crippen LogP contribution in [0.5, 0.6) is 0 Å². The van der Waals surface area contributed by atoms with Crippen LogP contribution in [0.25, 0.3) is 0 Å². The summed E-state index contributed by atoms with van der Waals surface area (Å²) in [6.45, 7) is 2.32. The topological polar surface area (TPSA) is 3.24 Å². The lowest BCUT2D eigenvalue weighted by atomic mass is 10.2. The van der Waals surface area contributed by atoms with E-state index in [0.29, 0.717) is 0 Å². The third-order valence-corrected chi connectivity index (χ3v) is 4.92. The first-order valence-electron chi connectivity index (χ1n) is 7.37. The molecular weight excluding hydrogens is 270 g/mol. The number of hydrogen-bond acceptors (Lipinski definition) is 1. The monoisotopic (exact) mass is 289 g/mol. The molecule has 0 atom stereocenters. The molecule has 2 heteroatoms. The zero-order valence-corrected chi connectivity index (χ0v) is 13.7. The minimum absolute atomic E-state index is 0.0934. The van der Waals surface area contributed by atoms with Crippen LogP contribution in [0.15, 0.2) is 84.9 Å². The Balaban J connectivity index is 2.07. The largest absolute Gasteiger partial charge is 0.311 e. The van der Waals surface area contributed by atoms with Crippen LogP contribution < -0.4 is 10.1 Å². The summed E-state index contributed by atoms with van der Waals surface area (Å²) in [5, 5.41) is 1.50. The molecule has 0 saturated heterocycles. The van der Waals surface area contributed by atoms with Crippen molar-refractivity contribution in [2.24, 2.45) is 0 Å². The summed E-state index contributed by atoms with van der Waals surface area (Å²) < 4.78 is 0. The predicted octanol–water partition coefficient (Wildman–Crippen LogP) is 4.00. The first-order chi connectivity index (χ1) is 10.4. The third-order valence-electron chi connectivity index (χ3n) is 3.63. The van der Waals surface area contributed by atoms with Crippen molar-refractivity contribution in [1.29, 1.82) is 0 Å². The van der Waals surface area contributed by atoms with Gasteiger partial charge in [0.2, 0.25) is 0 Å². The summed E-state index contributed by atoms with van der Waals surface area (Å²) in [5.41, 5.74) is 3.58. The molecule has 0 radical (unpaired) electrons. The molecule has 0 unspecified atom stereocenters. The Morgan fingerprint density at radius 3 is 1.43 bits per heavy atom. The zero-order valence-electron chi connectivity index (χ0n) is 12.2. The number of nitrogens with zero attached hydrogens (tertiary/aromatic N) is 1. The van der Waals surface area contributed by atoms with E-state index in [2.05, 4.69) is 96.4 Å². The minimum atomic E-state index is -0.0934. The van der Waals surface area contributed by atoms with Crippen LogP contribution >= 0.6 is 0 Å². The molecular formula is C19H19NSi. The molecule has 0 saturated carbocycles. The summed E-state index contributed by atoms with van der Waals surface area (Å²) in [5.74, 6) is 0. The van der Waals surface area contributed by atoms with Gasteiger partial charge in [-0.2, -0.15) is 0 Å². The Hall–Kier alpha value is -2.32. The highest BCUT2D eigenvalue weighted by atomic mass is 28.2. The van der Waals surface area contributed by atoms with Gasteiger partial charge in [-0.25, -0.2) is 0 Å². The maximum absolute atomic E-state index is 2.32. The number of benzene rings is 3. The Morgan fingerprint density at radius 2 is 1.00 bits per heavy atom. The van der Waals surface area contributed by atoms with Gasteiger partial charge in [0.1, 0.15) is 0 Å². The van der Waals surface area contributed by atoms with Gasteiger partial charge in [-0.15, -0.1) is 0 Å². The average molecular weight is 289 g/mol. The summed E-state index contributed by atoms with van der Waals surface area (Å²) in [6, 6.07) is 30.0. The van der Waals surface area contributed by atoms with E-state index in [4.69, 9.17) is 0 Å². The first kappa shape index (κ1) is 13.7. The lowest BCUT2D eigenvalue weighted by molar-refractivity contribution is 1.29. The third kappa shape index (κ3) is 3.06. The van der Waals surface area contributed by atoms with Crippen molar-refractivity contribution in [2.75, 3.05) is 4.90 Å². The van der Waals surface area contributed by atoms with Crippen LogP contribution in [0.2, 0.25) is 6.55 Å². The highest BCUT2D eigenvalue weighted by Gasteiger charge is 2.10. The fourth-order valence-corrected chi connectivity index (χ4v) is 3.19. The molecule has 0 heterocycles. The van der Waals surface area contributed by atoms with Crippen LogP contribution in [0.1, 0.15) is 0 Å². The number of anilines is 3. The molecule has 1 nitrogen and oxygen atoms in total. The van der Waals surface area contributed by atoms with E-state index in [0.717, 1.165) is 0 Å². The molecule has 0 bridgehead atoms. The fraction of sp³-hybridized carbons (Fsp3) is 0.0526. The Kier molecular flexibility index (Phi) is 4.17. The molecule has 0 aliphatic rings. The second kappa shape index (κ2) is 6.42. The highest BCUT2D eigenvalue weighted by Crippen LogP contribution is 2.33. The highest BCUT2D eigenvalue weighted by molar-refractivity contribution is 6.51. The van der Waals surface area contributed by atoms with E-state index in [-0.39, 0.29) is 9.52 Å². The van der Waals surface area contributed by atoms with E-state index < -0.39 is 0 Å². The van der Waals surface area contributed by atoms with Crippen LogP contribution in [-0.2, 0) is 0 Å². The van der Waals surface area contributed by atoms with Gasteiger partial charge in [0, 0.05) is 17.1 Å². The molecule has 0 fully saturated rings. The second-order valence-corrected chi connectivity index (χ2v) is 6.55. The molecule has 0 aliphatic carbocycles. The summed E-state index contributed by atoms with van der Waals surface area (Å²) in [6.07, 6.45) is 0. The SMILES string of the molecule is C[SiH2]c1ccc(N(c2ccccc2)c2ccccc2)cc1. The number of rotatable bonds is 4. The van der Waals surface area contributed by atoms with Crippen molar-refractivity contribution in [3.05, 3.63) is 84.9 Å². The average Bonchev–Trinajstić information content (AvgIpc) is 2.58. The van der Waals surface area contributed by atoms with Crippen molar-refractivity contribution < 1.29 is 0 Å². The molecule has 0 amide bonds. The van der Waals surface area contributed by atoms with E-state index in [1.54, 1.807) is 0 Å². The lowest BCUT2D eigenvalue weighted by Gasteiger charge is -2.25. The summed E-state index contributed by atoms with van der Waals surface area (Å²) in [7, 11) is -0.0934. The maximum atomic E-state index is 2.32. The molecule has 3 aromatic rings. The van der Waals surface area contributed by atoms with Crippen molar-refractivity contribution in [3.8, 4) is 0 Å². The second-order valence-electron chi connectivity index (χ2n) is 5.03. The van der Waals surface area contributed by atoms with Crippen LogP contribution in [0.3, 0.4) is 0 Å². The predicted molar refractivity (Wildman–Crippen MR) is 95.2 cm³/mol. The van der Waals surface area contributed by atoms with Crippen LogP contribution in [0, 0.1) is 0 Å². The minimum Gasteiger partial charge on any atom is -0.311 e. The van der Waals surface area contributed by atoms with Gasteiger partial charge >= 0.3 is 0 Å². The van der Waals surface area contributed by atoms with Gasteiger partial charge in [0.15, 0.2) is 0 Å². The Bertz CT molecular complexity index is 638. The Morgan fingerprint density at radius 1 is 0.571 bits per heavy atom. The van der Waals surface area contributed by atoms with E-state index >= 15 is 0 Å². The van der Waals surface area contributed by atoms with Gasteiger partial charge in [0.25, 0.3) is 0 Å². The van der Waals surface area contributed by atoms with Gasteiger partial charge in [-0.05, 0) is 36.4 Å². The van der Waals surface area contributed by atoms with Crippen molar-refractivity contribution in [3.63, 3.8) is 0 Å². The normalized spacial score (nSPS) is 10.9. The first-order valence-corrected chi connectivity index (χ1v) is 9.50. The number of para-hydroxylation sites is 2. The molecule has 104 valence electrons. The van der Waals surface area contributed by atoms with E-state index in [1.807, 2.05) is 0 Å². The fourth-order valence-electron chi connectivity index (χ4n) is 2.48. The molecule has 21 heavy (non-hydrogen) atoms. The molecule has 0 N–H and O–H groups in total. The zero-order chi connectivity index (χ0) is 14.5. The van der Waals surface area contributed by atoms with Crippen molar-refractivity contribution >= 4 is 31.8 Å². The van der Waals surface area contributed by atoms with E-state index in [1.165, 1.54) is 22.2 Å². The van der Waals surface area contributed by atoms with Gasteiger partial charge in [0.05, 0.1) is 9.52 Å². The molecule has 0 aliphatic heterocycles. The molecule has 0 aromatic heterocycles. The summed E-state index contributed by atoms with van der Waals surface area (Å²) in [4.78, 5) is 2.29. The van der Waals surface area contributed by atoms with Crippen molar-refractivity contribution in [1.82, 2.24) is 0 Å². The van der Waals surface area contributed by atoms with Crippen LogP contribution in [0.4, 0.5) is 17.1 Å². The Labute approximate surface area is 128 Å². The standard InChI is InChI=1S/C19H19NSi/c1-21-19-14-12-18(13-15-19)20(16-8-4-2-5-9-16)17-10-6-3-7-11-17/h2-15H,21H2,1H3. The van der Waals surface area contributed by atoms with E-state index in [9.17, 15) is 0 Å². The number of hydrogen-bond donors (Lipinski definition) is 0. The van der Waals surface area contributed by atoms with Crippen molar-refractivity contribution in [2.45, 2.75) is 6.55 Å². The molecule has 3 aromatic carbocycles. The smallest absolute Gasteiger partial charge is 0.0517 e. The molecule has 0 spiro atoms. The summed E-state index contributed by atoms with van der Waals surface area (Å²) >= 11 is 0. The van der Waals surface area contributed by atoms with Crippen LogP contribution in [-0.4, -0.2) is 9.52 Å². The van der Waals surface area contributed by atoms with Gasteiger partial charge in [-0.1, -0.05) is 60.3 Å². The molecule has 3 rings (SSSR count). The lowest BCUT2D eigenvalue weighted by Crippen LogP contribution is -2.13. The van der Waals surface area contributed by atoms with Gasteiger partial charge in [-0.3, -0.25) is 0 Å². The quantitative estimate of drug-likeness (QED) is 0.656.